The zero-order chi connectivity index (χ0) is 23.7. The second-order valence-electron chi connectivity index (χ2n) is 7.24. The van der Waals surface area contributed by atoms with Gasteiger partial charge in [0, 0.05) is 58.9 Å². The molecule has 0 unspecified atom stereocenters. The van der Waals surface area contributed by atoms with Crippen LogP contribution in [0.15, 0.2) is 12.1 Å². The molecule has 2 rings (SSSR count). The Morgan fingerprint density at radius 3 is 1.85 bits per heavy atom. The summed E-state index contributed by atoms with van der Waals surface area (Å²) in [5.74, 6) is -5.07. The van der Waals surface area contributed by atoms with E-state index in [4.69, 9.17) is 9.84 Å². The predicted octanol–water partition coefficient (Wildman–Crippen LogP) is -5.29. The summed E-state index contributed by atoms with van der Waals surface area (Å²) in [6, 6.07) is 3.03. The number of hydrogen-bond donors (Lipinski definition) is 1. The Morgan fingerprint density at radius 1 is 0.848 bits per heavy atom. The molecule has 0 aromatic carbocycles. The maximum Gasteiger partial charge on any atom is 3.00 e. The van der Waals surface area contributed by atoms with E-state index in [1.54, 1.807) is 0 Å². The predicted molar refractivity (Wildman–Crippen MR) is 99.4 cm³/mol. The molecule has 0 atom stereocenters. The van der Waals surface area contributed by atoms with Gasteiger partial charge in [-0.3, -0.25) is 19.7 Å². The van der Waals surface area contributed by atoms with Crippen LogP contribution in [0.3, 0.4) is 0 Å². The average Bonchev–Trinajstić information content (AvgIpc) is 2.67. The third kappa shape index (κ3) is 11.1. The van der Waals surface area contributed by atoms with E-state index >= 15 is 0 Å². The van der Waals surface area contributed by atoms with Crippen LogP contribution in [-0.4, -0.2) is 101 Å². The number of aromatic nitrogens is 1. The van der Waals surface area contributed by atoms with E-state index in [1.807, 2.05) is 0 Å². The van der Waals surface area contributed by atoms with Crippen LogP contribution in [0.4, 0.5) is 0 Å². The first-order valence-corrected chi connectivity index (χ1v) is 9.72. The second kappa shape index (κ2) is 14.3. The van der Waals surface area contributed by atoms with Crippen molar-refractivity contribution in [3.8, 4) is 5.75 Å². The van der Waals surface area contributed by atoms with Crippen LogP contribution >= 0.6 is 0 Å². The third-order valence-corrected chi connectivity index (χ3v) is 4.62. The molecule has 1 aromatic heterocycles. The summed E-state index contributed by atoms with van der Waals surface area (Å²) in [5.41, 5.74) is 0.690. The summed E-state index contributed by atoms with van der Waals surface area (Å²) in [7, 11) is 0. The average molecular weight is 620 g/mol. The number of hydrogen-bond acceptors (Lipinski definition) is 12. The van der Waals surface area contributed by atoms with Crippen LogP contribution < -0.4 is 20.1 Å². The number of aliphatic carboxylic acids is 4. The zero-order valence-electron chi connectivity index (χ0n) is 17.5. The second-order valence-corrected chi connectivity index (χ2v) is 7.24. The van der Waals surface area contributed by atoms with Gasteiger partial charge in [-0.25, -0.2) is 4.79 Å². The molecule has 33 heavy (non-hydrogen) atoms. The van der Waals surface area contributed by atoms with Gasteiger partial charge >= 0.3 is 42.8 Å². The Bertz CT molecular complexity index is 855. The Labute approximate surface area is 218 Å². The summed E-state index contributed by atoms with van der Waals surface area (Å²) in [6.45, 7) is -1.28. The van der Waals surface area contributed by atoms with Crippen molar-refractivity contribution in [2.24, 2.45) is 0 Å². The standard InChI is InChI=1S/C19H26N4O9.Tm/c24-16(25)9-21-3-5-22(10-17(26)27)7-13-1-2-15(32-12-19(30)31)14(20-13)8-23(6-4-21)11-18(28)29;/h1-2H,3-12H2,(H,24,25)(H,26,27)(H,28,29)(H,30,31);/q;+3/p-3. The molecule has 186 valence electrons. The first kappa shape index (κ1) is 29.0. The molecule has 0 amide bonds. The van der Waals surface area contributed by atoms with Crippen molar-refractivity contribution in [1.82, 2.24) is 19.7 Å². The Kier molecular flexibility index (Phi) is 12.5. The largest absolute Gasteiger partial charge is 3.00 e. The quantitative estimate of drug-likeness (QED) is 0.276. The fourth-order valence-electron chi connectivity index (χ4n) is 3.26. The normalized spacial score (nSPS) is 16.0. The minimum Gasteiger partial charge on any atom is -0.549 e. The number of carbonyl (C=O) groups excluding carboxylic acids is 3. The Hall–Kier alpha value is -2.06. The molecular formula is C19H23N4O9Tm. The van der Waals surface area contributed by atoms with Crippen LogP contribution in [0, 0.1) is 36.9 Å². The van der Waals surface area contributed by atoms with Crippen molar-refractivity contribution < 1.29 is 81.2 Å². The topological polar surface area (TPSA) is 190 Å². The minimum atomic E-state index is -1.35. The molecule has 0 saturated carbocycles. The summed E-state index contributed by atoms with van der Waals surface area (Å²) >= 11 is 0. The number of nitrogens with zero attached hydrogens (tertiary/aromatic N) is 4. The molecule has 14 heteroatoms. The molecule has 2 bridgehead atoms. The van der Waals surface area contributed by atoms with Gasteiger partial charge in [-0.05, 0) is 12.1 Å². The van der Waals surface area contributed by atoms with Crippen molar-refractivity contribution in [3.63, 3.8) is 0 Å². The molecular weight excluding hydrogens is 597 g/mol. The van der Waals surface area contributed by atoms with Crippen LogP contribution in [-0.2, 0) is 32.3 Å². The van der Waals surface area contributed by atoms with Gasteiger partial charge in [0.15, 0.2) is 6.61 Å². The SMILES string of the molecule is O=C([O-])CN1CCN(CC(=O)[O-])Cc2ccc(OCC(=O)O)c(n2)CN(CC(=O)[O-])CC1.[Tm+3]. The van der Waals surface area contributed by atoms with Gasteiger partial charge in [0.05, 0.1) is 29.3 Å². The number of fused-ring (bicyclic) bond motifs is 2. The van der Waals surface area contributed by atoms with Gasteiger partial charge in [-0.15, -0.1) is 0 Å². The van der Waals surface area contributed by atoms with E-state index in [-0.39, 0.29) is 87.6 Å². The van der Waals surface area contributed by atoms with Crippen LogP contribution in [0.1, 0.15) is 11.4 Å². The van der Waals surface area contributed by atoms with Gasteiger partial charge < -0.3 is 39.5 Å². The molecule has 0 radical (unpaired) electrons. The summed E-state index contributed by atoms with van der Waals surface area (Å²) < 4.78 is 5.26. The van der Waals surface area contributed by atoms with E-state index in [2.05, 4.69) is 4.98 Å². The fraction of sp³-hybridized carbons (Fsp3) is 0.526. The minimum absolute atomic E-state index is 0. The van der Waals surface area contributed by atoms with E-state index in [1.165, 1.54) is 26.8 Å². The molecule has 0 saturated heterocycles. The van der Waals surface area contributed by atoms with Crippen LogP contribution in [0.5, 0.6) is 5.75 Å². The number of ether oxygens (including phenoxy) is 1. The summed E-state index contributed by atoms with van der Waals surface area (Å²) in [4.78, 5) is 53.2. The van der Waals surface area contributed by atoms with E-state index in [0.717, 1.165) is 0 Å². The Balaban J connectivity index is 0.00000544. The molecule has 1 aliphatic heterocycles. The first-order chi connectivity index (χ1) is 15.1. The molecule has 0 spiro atoms. The van der Waals surface area contributed by atoms with Gasteiger partial charge in [-0.1, -0.05) is 0 Å². The number of pyridine rings is 1. The third-order valence-electron chi connectivity index (χ3n) is 4.62. The van der Waals surface area contributed by atoms with Crippen molar-refractivity contribution in [2.75, 3.05) is 52.4 Å². The molecule has 1 aliphatic rings. The van der Waals surface area contributed by atoms with Crippen molar-refractivity contribution >= 4 is 23.9 Å². The maximum absolute atomic E-state index is 11.2. The summed E-state index contributed by atoms with van der Waals surface area (Å²) in [5, 5.41) is 42.3. The van der Waals surface area contributed by atoms with Crippen molar-refractivity contribution in [2.45, 2.75) is 13.1 Å². The van der Waals surface area contributed by atoms with Gasteiger partial charge in [0.25, 0.3) is 0 Å². The first-order valence-electron chi connectivity index (χ1n) is 9.72. The molecule has 13 nitrogen and oxygen atoms in total. The number of carbonyl (C=O) groups is 4. The van der Waals surface area contributed by atoms with Gasteiger partial charge in [-0.2, -0.15) is 0 Å². The number of carboxylic acid groups (broad SMARTS) is 4. The number of carboxylic acids is 4. The van der Waals surface area contributed by atoms with E-state index in [9.17, 15) is 34.5 Å². The molecule has 1 N–H and O–H groups in total. The summed E-state index contributed by atoms with van der Waals surface area (Å²) in [6.07, 6.45) is 0. The number of rotatable bonds is 9. The molecule has 2 heterocycles. The van der Waals surface area contributed by atoms with Crippen molar-refractivity contribution in [1.29, 1.82) is 0 Å². The maximum atomic E-state index is 11.2. The molecule has 0 fully saturated rings. The monoisotopic (exact) mass is 620 g/mol. The van der Waals surface area contributed by atoms with Gasteiger partial charge in [0.1, 0.15) is 5.75 Å². The fourth-order valence-corrected chi connectivity index (χ4v) is 3.26. The zero-order valence-corrected chi connectivity index (χ0v) is 19.3. The van der Waals surface area contributed by atoms with Crippen LogP contribution in [0.25, 0.3) is 0 Å². The molecule has 1 aromatic rings. The Morgan fingerprint density at radius 2 is 1.33 bits per heavy atom. The molecule has 0 aliphatic carbocycles. The van der Waals surface area contributed by atoms with E-state index in [0.29, 0.717) is 5.69 Å². The van der Waals surface area contributed by atoms with E-state index < -0.39 is 50.1 Å². The van der Waals surface area contributed by atoms with Crippen molar-refractivity contribution in [3.05, 3.63) is 23.5 Å². The van der Waals surface area contributed by atoms with Crippen LogP contribution in [0.2, 0.25) is 0 Å². The van der Waals surface area contributed by atoms with Gasteiger partial charge in [0.2, 0.25) is 0 Å². The smallest absolute Gasteiger partial charge is 0.549 e.